The third-order valence-corrected chi connectivity index (χ3v) is 3.22. The second-order valence-electron chi connectivity index (χ2n) is 4.63. The van der Waals surface area contributed by atoms with Crippen LogP contribution in [0.5, 0.6) is 0 Å². The van der Waals surface area contributed by atoms with Crippen LogP contribution in [0.2, 0.25) is 0 Å². The zero-order chi connectivity index (χ0) is 12.0. The second-order valence-corrected chi connectivity index (χ2v) is 4.63. The molecule has 4 heteroatoms. The summed E-state index contributed by atoms with van der Waals surface area (Å²) in [6, 6.07) is 0.461. The van der Waals surface area contributed by atoms with Crippen molar-refractivity contribution in [3.63, 3.8) is 0 Å². The maximum atomic E-state index is 11.4. The Morgan fingerprint density at radius 2 is 2.06 bits per heavy atom. The molecule has 1 N–H and O–H groups in total. The average molecular weight is 228 g/mol. The summed E-state index contributed by atoms with van der Waals surface area (Å²) in [4.78, 5) is 13.0. The largest absolute Gasteiger partial charge is 0.376 e. The van der Waals surface area contributed by atoms with Crippen LogP contribution in [0.4, 0.5) is 0 Å². The first kappa shape index (κ1) is 13.5. The Hall–Kier alpha value is -0.610. The van der Waals surface area contributed by atoms with Gasteiger partial charge in [-0.15, -0.1) is 0 Å². The van der Waals surface area contributed by atoms with Gasteiger partial charge in [-0.1, -0.05) is 12.8 Å². The molecule has 1 aliphatic rings. The van der Waals surface area contributed by atoms with E-state index in [9.17, 15) is 4.79 Å². The first-order chi connectivity index (χ1) is 7.65. The third-order valence-electron chi connectivity index (χ3n) is 3.22. The number of carbonyl (C=O) groups is 1. The molecule has 4 nitrogen and oxygen atoms in total. The van der Waals surface area contributed by atoms with Crippen molar-refractivity contribution in [3.8, 4) is 0 Å². The van der Waals surface area contributed by atoms with Gasteiger partial charge in [-0.3, -0.25) is 4.79 Å². The normalized spacial score (nSPS) is 25.4. The van der Waals surface area contributed by atoms with E-state index in [-0.39, 0.29) is 12.0 Å². The van der Waals surface area contributed by atoms with E-state index < -0.39 is 0 Å². The number of likely N-dealkylation sites (N-methyl/N-ethyl adjacent to an activating group) is 1. The number of hydrogen-bond donors (Lipinski definition) is 1. The molecule has 1 amide bonds. The zero-order valence-electron chi connectivity index (χ0n) is 10.7. The van der Waals surface area contributed by atoms with Crippen molar-refractivity contribution in [1.29, 1.82) is 0 Å². The maximum Gasteiger partial charge on any atom is 0.224 e. The van der Waals surface area contributed by atoms with Crippen LogP contribution in [0, 0.1) is 0 Å². The van der Waals surface area contributed by atoms with E-state index in [4.69, 9.17) is 4.74 Å². The fourth-order valence-corrected chi connectivity index (χ4v) is 2.15. The standard InChI is InChI=1S/C12H24N2O2/c1-13-10-6-4-5-7-11(10)16-9-8-12(15)14(2)3/h10-11,13H,4-9H2,1-3H3. The number of amides is 1. The van der Waals surface area contributed by atoms with Gasteiger partial charge in [0.15, 0.2) is 0 Å². The summed E-state index contributed by atoms with van der Waals surface area (Å²) in [5.74, 6) is 0.136. The lowest BCUT2D eigenvalue weighted by Crippen LogP contribution is -2.42. The molecule has 16 heavy (non-hydrogen) atoms. The minimum atomic E-state index is 0.136. The SMILES string of the molecule is CNC1CCCCC1OCCC(=O)N(C)C. The monoisotopic (exact) mass is 228 g/mol. The molecule has 2 unspecified atom stereocenters. The van der Waals surface area contributed by atoms with Crippen molar-refractivity contribution in [2.45, 2.75) is 44.2 Å². The van der Waals surface area contributed by atoms with Gasteiger partial charge in [0.25, 0.3) is 0 Å². The van der Waals surface area contributed by atoms with Gasteiger partial charge in [-0.2, -0.15) is 0 Å². The van der Waals surface area contributed by atoms with E-state index in [0.717, 1.165) is 6.42 Å². The van der Waals surface area contributed by atoms with E-state index in [0.29, 0.717) is 19.1 Å². The van der Waals surface area contributed by atoms with Crippen LogP contribution in [0.15, 0.2) is 0 Å². The molecule has 0 spiro atoms. The molecule has 1 aliphatic carbocycles. The van der Waals surface area contributed by atoms with Crippen LogP contribution >= 0.6 is 0 Å². The zero-order valence-corrected chi connectivity index (χ0v) is 10.7. The fourth-order valence-electron chi connectivity index (χ4n) is 2.15. The second kappa shape index (κ2) is 6.86. The van der Waals surface area contributed by atoms with E-state index in [1.54, 1.807) is 19.0 Å². The maximum absolute atomic E-state index is 11.4. The Balaban J connectivity index is 2.22. The Morgan fingerprint density at radius 1 is 1.38 bits per heavy atom. The van der Waals surface area contributed by atoms with Gasteiger partial charge in [-0.05, 0) is 19.9 Å². The predicted molar refractivity (Wildman–Crippen MR) is 64.4 cm³/mol. The molecule has 0 aliphatic heterocycles. The Kier molecular flexibility index (Phi) is 5.77. The van der Waals surface area contributed by atoms with Crippen LogP contribution in [0.1, 0.15) is 32.1 Å². The van der Waals surface area contributed by atoms with E-state index in [2.05, 4.69) is 5.32 Å². The smallest absolute Gasteiger partial charge is 0.224 e. The minimum Gasteiger partial charge on any atom is -0.376 e. The van der Waals surface area contributed by atoms with Gasteiger partial charge in [0.1, 0.15) is 0 Å². The minimum absolute atomic E-state index is 0.136. The number of ether oxygens (including phenoxy) is 1. The predicted octanol–water partition coefficient (Wildman–Crippen LogP) is 1.01. The molecule has 0 heterocycles. The molecule has 94 valence electrons. The van der Waals surface area contributed by atoms with Crippen LogP contribution in [0.25, 0.3) is 0 Å². The van der Waals surface area contributed by atoms with Gasteiger partial charge in [0.2, 0.25) is 5.91 Å². The summed E-state index contributed by atoms with van der Waals surface area (Å²) in [6.45, 7) is 0.542. The number of nitrogens with one attached hydrogen (secondary N) is 1. The lowest BCUT2D eigenvalue weighted by molar-refractivity contribution is -0.130. The summed E-state index contributed by atoms with van der Waals surface area (Å²) in [6.07, 6.45) is 5.59. The van der Waals surface area contributed by atoms with E-state index in [1.165, 1.54) is 19.3 Å². The summed E-state index contributed by atoms with van der Waals surface area (Å²) in [5.41, 5.74) is 0. The summed E-state index contributed by atoms with van der Waals surface area (Å²) >= 11 is 0. The lowest BCUT2D eigenvalue weighted by Gasteiger charge is -2.31. The van der Waals surface area contributed by atoms with Gasteiger partial charge in [0.05, 0.1) is 19.1 Å². The first-order valence-electron chi connectivity index (χ1n) is 6.14. The number of rotatable bonds is 5. The average Bonchev–Trinajstić information content (AvgIpc) is 2.29. The molecule has 2 atom stereocenters. The first-order valence-corrected chi connectivity index (χ1v) is 6.14. The Labute approximate surface area is 98.3 Å². The van der Waals surface area contributed by atoms with Crippen molar-refractivity contribution in [2.75, 3.05) is 27.7 Å². The molecule has 0 aromatic carbocycles. The molecule has 0 aromatic heterocycles. The highest BCUT2D eigenvalue weighted by Crippen LogP contribution is 2.21. The number of carbonyl (C=O) groups excluding carboxylic acids is 1. The molecule has 1 saturated carbocycles. The number of hydrogen-bond acceptors (Lipinski definition) is 3. The highest BCUT2D eigenvalue weighted by Gasteiger charge is 2.24. The molecule has 0 aromatic rings. The van der Waals surface area contributed by atoms with Crippen molar-refractivity contribution >= 4 is 5.91 Å². The highest BCUT2D eigenvalue weighted by atomic mass is 16.5. The van der Waals surface area contributed by atoms with Gasteiger partial charge in [-0.25, -0.2) is 0 Å². The molecular weight excluding hydrogens is 204 g/mol. The molecule has 0 bridgehead atoms. The summed E-state index contributed by atoms with van der Waals surface area (Å²) in [5, 5.41) is 3.29. The molecule has 1 fully saturated rings. The fraction of sp³-hybridized carbons (Fsp3) is 0.917. The topological polar surface area (TPSA) is 41.6 Å². The summed E-state index contributed by atoms with van der Waals surface area (Å²) in [7, 11) is 5.54. The van der Waals surface area contributed by atoms with Crippen LogP contribution in [-0.4, -0.2) is 50.7 Å². The van der Waals surface area contributed by atoms with Crippen LogP contribution in [0.3, 0.4) is 0 Å². The molecule has 0 radical (unpaired) electrons. The van der Waals surface area contributed by atoms with Crippen molar-refractivity contribution in [1.82, 2.24) is 10.2 Å². The van der Waals surface area contributed by atoms with Gasteiger partial charge in [0, 0.05) is 20.1 Å². The molecule has 1 rings (SSSR count). The summed E-state index contributed by atoms with van der Waals surface area (Å²) < 4.78 is 5.80. The van der Waals surface area contributed by atoms with Crippen molar-refractivity contribution in [2.24, 2.45) is 0 Å². The highest BCUT2D eigenvalue weighted by molar-refractivity contribution is 5.75. The van der Waals surface area contributed by atoms with Crippen molar-refractivity contribution in [3.05, 3.63) is 0 Å². The Bertz CT molecular complexity index is 219. The van der Waals surface area contributed by atoms with Crippen molar-refractivity contribution < 1.29 is 9.53 Å². The van der Waals surface area contributed by atoms with Crippen LogP contribution in [-0.2, 0) is 9.53 Å². The molecular formula is C12H24N2O2. The Morgan fingerprint density at radius 3 is 2.69 bits per heavy atom. The van der Waals surface area contributed by atoms with Gasteiger partial charge < -0.3 is 15.0 Å². The van der Waals surface area contributed by atoms with Gasteiger partial charge >= 0.3 is 0 Å². The molecule has 0 saturated heterocycles. The lowest BCUT2D eigenvalue weighted by atomic mass is 9.92. The third kappa shape index (κ3) is 4.10. The quantitative estimate of drug-likeness (QED) is 0.763. The number of nitrogens with zero attached hydrogens (tertiary/aromatic N) is 1. The van der Waals surface area contributed by atoms with Crippen LogP contribution < -0.4 is 5.32 Å². The van der Waals surface area contributed by atoms with E-state index >= 15 is 0 Å². The van der Waals surface area contributed by atoms with E-state index in [1.807, 2.05) is 7.05 Å².